The van der Waals surface area contributed by atoms with Crippen LogP contribution in [0.25, 0.3) is 0 Å². The Hall–Kier alpha value is -0.940. The minimum Gasteiger partial charge on any atom is -0.490 e. The third-order valence-electron chi connectivity index (χ3n) is 5.15. The summed E-state index contributed by atoms with van der Waals surface area (Å²) in [5.74, 6) is 1.49. The van der Waals surface area contributed by atoms with Crippen LogP contribution in [0.1, 0.15) is 56.6 Å². The molecule has 2 aromatic carbocycles. The molecule has 0 aromatic heterocycles. The number of hydrogen-bond donors (Lipinski definition) is 1. The largest absolute Gasteiger partial charge is 0.490 e. The molecule has 6 heteroatoms. The molecule has 160 valence electrons. The lowest BCUT2D eigenvalue weighted by atomic mass is 10.1. The van der Waals surface area contributed by atoms with Crippen molar-refractivity contribution in [1.82, 2.24) is 5.32 Å². The number of benzene rings is 2. The first-order chi connectivity index (χ1) is 13.7. The number of hydrogen-bond acceptors (Lipinski definition) is 3. The van der Waals surface area contributed by atoms with Crippen molar-refractivity contribution in [2.75, 3.05) is 6.61 Å². The van der Waals surface area contributed by atoms with Crippen LogP contribution in [-0.4, -0.2) is 12.6 Å². The maximum Gasteiger partial charge on any atom is 0.175 e. The molecule has 1 saturated carbocycles. The van der Waals surface area contributed by atoms with Gasteiger partial charge in [0.15, 0.2) is 11.5 Å². The summed E-state index contributed by atoms with van der Waals surface area (Å²) >= 11 is 9.92. The Balaban J connectivity index is 0.00000300. The Kier molecular flexibility index (Phi) is 10.6. The van der Waals surface area contributed by atoms with Gasteiger partial charge in [-0.2, -0.15) is 0 Å². The molecule has 1 fully saturated rings. The normalized spacial score (nSPS) is 14.7. The van der Waals surface area contributed by atoms with E-state index in [0.717, 1.165) is 28.1 Å². The Bertz CT molecular complexity index is 765. The highest BCUT2D eigenvalue weighted by atomic mass is 79.9. The van der Waals surface area contributed by atoms with E-state index >= 15 is 0 Å². The molecule has 0 atom stereocenters. The maximum absolute atomic E-state index is 6.25. The molecule has 29 heavy (non-hydrogen) atoms. The van der Waals surface area contributed by atoms with Crippen LogP contribution in [0.4, 0.5) is 0 Å². The Morgan fingerprint density at radius 1 is 1.07 bits per heavy atom. The quantitative estimate of drug-likeness (QED) is 0.383. The second kappa shape index (κ2) is 12.7. The average Bonchev–Trinajstić information content (AvgIpc) is 2.96. The topological polar surface area (TPSA) is 30.5 Å². The Morgan fingerprint density at radius 3 is 2.48 bits per heavy atom. The molecule has 0 amide bonds. The standard InChI is InChI=1S/C23H29BrClNO2.ClH/c1-2-27-22-14-17(15-26-19-10-5-3-4-6-11-19)13-20(24)23(22)28-16-18-9-7-8-12-21(18)25;/h7-9,12-14,19,26H,2-6,10-11,15-16H2,1H3;1H. The molecule has 0 spiro atoms. The van der Waals surface area contributed by atoms with Gasteiger partial charge in [0.1, 0.15) is 6.61 Å². The predicted molar refractivity (Wildman–Crippen MR) is 127 cm³/mol. The lowest BCUT2D eigenvalue weighted by Crippen LogP contribution is -2.27. The molecule has 2 aromatic rings. The van der Waals surface area contributed by atoms with Crippen LogP contribution in [0, 0.1) is 0 Å². The summed E-state index contributed by atoms with van der Waals surface area (Å²) in [5.41, 5.74) is 2.15. The van der Waals surface area contributed by atoms with Crippen molar-refractivity contribution in [3.8, 4) is 11.5 Å². The number of nitrogens with one attached hydrogen (secondary N) is 1. The lowest BCUT2D eigenvalue weighted by Gasteiger charge is -2.19. The monoisotopic (exact) mass is 501 g/mol. The highest BCUT2D eigenvalue weighted by Crippen LogP contribution is 2.38. The molecule has 1 N–H and O–H groups in total. The van der Waals surface area contributed by atoms with Crippen LogP contribution >= 0.6 is 39.9 Å². The van der Waals surface area contributed by atoms with Gasteiger partial charge in [0, 0.05) is 23.2 Å². The van der Waals surface area contributed by atoms with Gasteiger partial charge in [-0.25, -0.2) is 0 Å². The second-order valence-electron chi connectivity index (χ2n) is 7.29. The minimum absolute atomic E-state index is 0. The Labute approximate surface area is 194 Å². The van der Waals surface area contributed by atoms with Crippen molar-refractivity contribution in [2.45, 2.75) is 64.6 Å². The van der Waals surface area contributed by atoms with E-state index in [-0.39, 0.29) is 12.4 Å². The third kappa shape index (κ3) is 7.36. The van der Waals surface area contributed by atoms with E-state index in [2.05, 4.69) is 33.4 Å². The van der Waals surface area contributed by atoms with Gasteiger partial charge in [-0.05, 0) is 59.5 Å². The number of rotatable bonds is 8. The molecular formula is C23H30BrCl2NO2. The van der Waals surface area contributed by atoms with Gasteiger partial charge in [0.2, 0.25) is 0 Å². The van der Waals surface area contributed by atoms with Crippen LogP contribution in [-0.2, 0) is 13.2 Å². The zero-order valence-electron chi connectivity index (χ0n) is 16.9. The molecule has 0 bridgehead atoms. The number of ether oxygens (including phenoxy) is 2. The summed E-state index contributed by atoms with van der Waals surface area (Å²) in [7, 11) is 0. The van der Waals surface area contributed by atoms with E-state index in [1.807, 2.05) is 31.2 Å². The fourth-order valence-electron chi connectivity index (χ4n) is 3.64. The van der Waals surface area contributed by atoms with Gasteiger partial charge in [0.25, 0.3) is 0 Å². The second-order valence-corrected chi connectivity index (χ2v) is 8.55. The summed E-state index contributed by atoms with van der Waals surface area (Å²) < 4.78 is 12.9. The van der Waals surface area contributed by atoms with E-state index in [4.69, 9.17) is 21.1 Å². The molecule has 0 radical (unpaired) electrons. The zero-order chi connectivity index (χ0) is 19.8. The SMILES string of the molecule is CCOc1cc(CNC2CCCCCC2)cc(Br)c1OCc1ccccc1Cl.Cl. The van der Waals surface area contributed by atoms with Gasteiger partial charge < -0.3 is 14.8 Å². The summed E-state index contributed by atoms with van der Waals surface area (Å²) in [6, 6.07) is 12.6. The highest BCUT2D eigenvalue weighted by Gasteiger charge is 2.15. The van der Waals surface area contributed by atoms with E-state index in [1.165, 1.54) is 44.1 Å². The summed E-state index contributed by atoms with van der Waals surface area (Å²) in [6.45, 7) is 3.82. The molecule has 1 aliphatic rings. The van der Waals surface area contributed by atoms with Crippen LogP contribution in [0.3, 0.4) is 0 Å². The molecule has 0 heterocycles. The molecular weight excluding hydrogens is 473 g/mol. The van der Waals surface area contributed by atoms with E-state index in [0.29, 0.717) is 24.3 Å². The summed E-state index contributed by atoms with van der Waals surface area (Å²) in [4.78, 5) is 0. The van der Waals surface area contributed by atoms with Crippen molar-refractivity contribution in [3.63, 3.8) is 0 Å². The predicted octanol–water partition coefficient (Wildman–Crippen LogP) is 7.31. The van der Waals surface area contributed by atoms with Crippen molar-refractivity contribution in [3.05, 3.63) is 57.0 Å². The van der Waals surface area contributed by atoms with Crippen LogP contribution in [0.2, 0.25) is 5.02 Å². The summed E-state index contributed by atoms with van der Waals surface area (Å²) in [5, 5.41) is 4.43. The first kappa shape index (κ1) is 24.3. The fraction of sp³-hybridized carbons (Fsp3) is 0.478. The van der Waals surface area contributed by atoms with Crippen molar-refractivity contribution in [1.29, 1.82) is 0 Å². The van der Waals surface area contributed by atoms with Crippen molar-refractivity contribution in [2.24, 2.45) is 0 Å². The first-order valence-corrected chi connectivity index (χ1v) is 11.4. The number of halogens is 3. The van der Waals surface area contributed by atoms with Gasteiger partial charge in [-0.15, -0.1) is 12.4 Å². The lowest BCUT2D eigenvalue weighted by molar-refractivity contribution is 0.267. The smallest absolute Gasteiger partial charge is 0.175 e. The average molecular weight is 503 g/mol. The molecule has 3 nitrogen and oxygen atoms in total. The van der Waals surface area contributed by atoms with Crippen molar-refractivity contribution >= 4 is 39.9 Å². The van der Waals surface area contributed by atoms with Crippen LogP contribution in [0.5, 0.6) is 11.5 Å². The zero-order valence-corrected chi connectivity index (χ0v) is 20.0. The molecule has 0 saturated heterocycles. The molecule has 0 aliphatic heterocycles. The maximum atomic E-state index is 6.25. The first-order valence-electron chi connectivity index (χ1n) is 10.2. The van der Waals surface area contributed by atoms with Crippen LogP contribution in [0.15, 0.2) is 40.9 Å². The third-order valence-corrected chi connectivity index (χ3v) is 6.11. The van der Waals surface area contributed by atoms with E-state index < -0.39 is 0 Å². The Morgan fingerprint density at radius 2 is 1.79 bits per heavy atom. The van der Waals surface area contributed by atoms with Crippen molar-refractivity contribution < 1.29 is 9.47 Å². The molecule has 3 rings (SSSR count). The van der Waals surface area contributed by atoms with E-state index in [1.54, 1.807) is 0 Å². The van der Waals surface area contributed by atoms with Gasteiger partial charge in [0.05, 0.1) is 11.1 Å². The molecule has 0 unspecified atom stereocenters. The van der Waals surface area contributed by atoms with Gasteiger partial charge in [-0.1, -0.05) is 55.5 Å². The van der Waals surface area contributed by atoms with Gasteiger partial charge >= 0.3 is 0 Å². The summed E-state index contributed by atoms with van der Waals surface area (Å²) in [6.07, 6.45) is 7.96. The molecule has 1 aliphatic carbocycles. The minimum atomic E-state index is 0. The fourth-order valence-corrected chi connectivity index (χ4v) is 4.43. The van der Waals surface area contributed by atoms with E-state index in [9.17, 15) is 0 Å². The van der Waals surface area contributed by atoms with Gasteiger partial charge in [-0.3, -0.25) is 0 Å². The van der Waals surface area contributed by atoms with Crippen LogP contribution < -0.4 is 14.8 Å². The highest BCUT2D eigenvalue weighted by molar-refractivity contribution is 9.10.